The molecule has 1 N–H and O–H groups in total. The summed E-state index contributed by atoms with van der Waals surface area (Å²) in [7, 11) is 0. The van der Waals surface area contributed by atoms with Crippen molar-refractivity contribution in [1.82, 2.24) is 20.0 Å². The van der Waals surface area contributed by atoms with Crippen molar-refractivity contribution in [2.75, 3.05) is 24.5 Å². The molecule has 2 aliphatic heterocycles. The fourth-order valence-electron chi connectivity index (χ4n) is 4.08. The van der Waals surface area contributed by atoms with Crippen LogP contribution in [0.5, 0.6) is 0 Å². The van der Waals surface area contributed by atoms with Crippen LogP contribution in [0.4, 0.5) is 19.3 Å². The molecule has 2 aromatic carbocycles. The zero-order valence-electron chi connectivity index (χ0n) is 16.5. The number of hydrogen-bond donors (Lipinski definition) is 1. The Kier molecular flexibility index (Phi) is 4.65. The van der Waals surface area contributed by atoms with E-state index >= 15 is 0 Å². The molecule has 7 nitrogen and oxygen atoms in total. The van der Waals surface area contributed by atoms with Crippen molar-refractivity contribution in [2.24, 2.45) is 0 Å². The molecule has 0 aliphatic carbocycles. The molecule has 0 bridgehead atoms. The number of anilines is 1. The molecule has 0 radical (unpaired) electrons. The molecule has 3 aromatic rings. The number of hydrogen-bond acceptors (Lipinski definition) is 3. The van der Waals surface area contributed by atoms with Gasteiger partial charge < -0.3 is 10.2 Å². The number of halogens is 2. The monoisotopic (exact) mass is 423 g/mol. The molecule has 2 aliphatic rings. The SMILES string of the molecule is O=C(c1cc(N2CCNC2=O)c(F)cc1F)N1CCc2c(cnn2-c2ccccc2)C1. The van der Waals surface area contributed by atoms with Gasteiger partial charge in [0.15, 0.2) is 0 Å². The summed E-state index contributed by atoms with van der Waals surface area (Å²) >= 11 is 0. The third-order valence-electron chi connectivity index (χ3n) is 5.64. The second-order valence-electron chi connectivity index (χ2n) is 7.51. The van der Waals surface area contributed by atoms with Crippen LogP contribution in [0.3, 0.4) is 0 Å². The summed E-state index contributed by atoms with van der Waals surface area (Å²) in [6.45, 7) is 1.26. The van der Waals surface area contributed by atoms with Crippen LogP contribution in [-0.4, -0.2) is 46.3 Å². The van der Waals surface area contributed by atoms with Gasteiger partial charge in [-0.2, -0.15) is 5.10 Å². The summed E-state index contributed by atoms with van der Waals surface area (Å²) < 4.78 is 30.7. The first-order valence-electron chi connectivity index (χ1n) is 9.98. The lowest BCUT2D eigenvalue weighted by molar-refractivity contribution is 0.0729. The van der Waals surface area contributed by atoms with Crippen molar-refractivity contribution >= 4 is 17.6 Å². The van der Waals surface area contributed by atoms with Gasteiger partial charge >= 0.3 is 6.03 Å². The van der Waals surface area contributed by atoms with Gasteiger partial charge in [0.1, 0.15) is 11.6 Å². The standard InChI is InChI=1S/C22H19F2N5O2/c23-17-11-18(24)20(28-9-7-25-22(28)31)10-16(17)21(30)27-8-6-19-14(13-27)12-26-29(19)15-4-2-1-3-5-15/h1-5,10-12H,6-9,13H2,(H,25,31). The minimum Gasteiger partial charge on any atom is -0.336 e. The van der Waals surface area contributed by atoms with Crippen LogP contribution in [0, 0.1) is 11.6 Å². The summed E-state index contributed by atoms with van der Waals surface area (Å²) in [5, 5.41) is 7.01. The van der Waals surface area contributed by atoms with Crippen molar-refractivity contribution in [3.05, 3.63) is 77.1 Å². The number of amides is 3. The van der Waals surface area contributed by atoms with Crippen molar-refractivity contribution < 1.29 is 18.4 Å². The highest BCUT2D eigenvalue weighted by atomic mass is 19.1. The zero-order valence-corrected chi connectivity index (χ0v) is 16.5. The first-order valence-corrected chi connectivity index (χ1v) is 9.98. The zero-order chi connectivity index (χ0) is 21.5. The van der Waals surface area contributed by atoms with E-state index in [9.17, 15) is 18.4 Å². The van der Waals surface area contributed by atoms with Gasteiger partial charge in [0.25, 0.3) is 5.91 Å². The van der Waals surface area contributed by atoms with Gasteiger partial charge in [0, 0.05) is 44.2 Å². The van der Waals surface area contributed by atoms with Crippen LogP contribution in [0.25, 0.3) is 5.69 Å². The van der Waals surface area contributed by atoms with Gasteiger partial charge in [0.05, 0.1) is 28.8 Å². The number of para-hydroxylation sites is 1. The van der Waals surface area contributed by atoms with E-state index in [0.29, 0.717) is 25.6 Å². The molecule has 1 aromatic heterocycles. The van der Waals surface area contributed by atoms with Gasteiger partial charge in [-0.05, 0) is 18.2 Å². The smallest absolute Gasteiger partial charge is 0.322 e. The molecule has 0 spiro atoms. The minimum atomic E-state index is -0.948. The maximum atomic E-state index is 14.5. The quantitative estimate of drug-likeness (QED) is 0.704. The second-order valence-corrected chi connectivity index (χ2v) is 7.51. The highest BCUT2D eigenvalue weighted by Crippen LogP contribution is 2.28. The van der Waals surface area contributed by atoms with Gasteiger partial charge in [-0.15, -0.1) is 0 Å². The molecule has 0 atom stereocenters. The lowest BCUT2D eigenvalue weighted by atomic mass is 10.1. The number of nitrogens with zero attached hydrogens (tertiary/aromatic N) is 4. The fraction of sp³-hybridized carbons (Fsp3) is 0.227. The average Bonchev–Trinajstić information content (AvgIpc) is 3.40. The summed E-state index contributed by atoms with van der Waals surface area (Å²) in [5.41, 5.74) is 2.46. The summed E-state index contributed by atoms with van der Waals surface area (Å²) in [6, 6.07) is 11.0. The minimum absolute atomic E-state index is 0.102. The number of aromatic nitrogens is 2. The van der Waals surface area contributed by atoms with E-state index in [1.54, 1.807) is 6.20 Å². The Hall–Kier alpha value is -3.75. The van der Waals surface area contributed by atoms with E-state index < -0.39 is 23.6 Å². The van der Waals surface area contributed by atoms with E-state index in [1.165, 1.54) is 9.80 Å². The van der Waals surface area contributed by atoms with E-state index in [1.807, 2.05) is 35.0 Å². The maximum Gasteiger partial charge on any atom is 0.322 e. The molecule has 0 unspecified atom stereocenters. The number of benzene rings is 2. The number of carbonyl (C=O) groups excluding carboxylic acids is 2. The molecule has 5 rings (SSSR count). The third kappa shape index (κ3) is 3.31. The van der Waals surface area contributed by atoms with Crippen LogP contribution in [0.2, 0.25) is 0 Å². The predicted molar refractivity (Wildman–Crippen MR) is 109 cm³/mol. The molecule has 9 heteroatoms. The number of rotatable bonds is 3. The van der Waals surface area contributed by atoms with Gasteiger partial charge in [-0.25, -0.2) is 18.3 Å². The summed E-state index contributed by atoms with van der Waals surface area (Å²) in [4.78, 5) is 27.7. The van der Waals surface area contributed by atoms with Crippen molar-refractivity contribution in [3.63, 3.8) is 0 Å². The molecule has 158 valence electrons. The highest BCUT2D eigenvalue weighted by molar-refractivity contribution is 5.99. The van der Waals surface area contributed by atoms with Crippen molar-refractivity contribution in [2.45, 2.75) is 13.0 Å². The number of urea groups is 1. The molecule has 0 saturated carbocycles. The average molecular weight is 423 g/mol. The predicted octanol–water partition coefficient (Wildman–Crippen LogP) is 2.88. The summed E-state index contributed by atoms with van der Waals surface area (Å²) in [6.07, 6.45) is 2.27. The van der Waals surface area contributed by atoms with Gasteiger partial charge in [-0.1, -0.05) is 18.2 Å². The molecular formula is C22H19F2N5O2. The molecule has 31 heavy (non-hydrogen) atoms. The highest BCUT2D eigenvalue weighted by Gasteiger charge is 2.30. The van der Waals surface area contributed by atoms with Crippen molar-refractivity contribution in [3.8, 4) is 5.69 Å². The third-order valence-corrected chi connectivity index (χ3v) is 5.64. The number of nitrogens with one attached hydrogen (secondary N) is 1. The van der Waals surface area contributed by atoms with Crippen LogP contribution >= 0.6 is 0 Å². The second kappa shape index (κ2) is 7.50. The first kappa shape index (κ1) is 19.2. The number of carbonyl (C=O) groups is 2. The topological polar surface area (TPSA) is 70.5 Å². The van der Waals surface area contributed by atoms with Crippen molar-refractivity contribution in [1.29, 1.82) is 0 Å². The van der Waals surface area contributed by atoms with Gasteiger partial charge in [0.2, 0.25) is 0 Å². The molecule has 3 amide bonds. The Bertz CT molecular complexity index is 1180. The summed E-state index contributed by atoms with van der Waals surface area (Å²) in [5.74, 6) is -2.37. The number of fused-ring (bicyclic) bond motifs is 1. The maximum absolute atomic E-state index is 14.5. The Morgan fingerprint density at radius 1 is 1.06 bits per heavy atom. The van der Waals surface area contributed by atoms with E-state index in [-0.39, 0.29) is 24.3 Å². The molecule has 1 fully saturated rings. The Labute approximate surface area is 176 Å². The lowest BCUT2D eigenvalue weighted by Gasteiger charge is -2.28. The van der Waals surface area contributed by atoms with E-state index in [0.717, 1.165) is 23.0 Å². The first-order chi connectivity index (χ1) is 15.0. The Morgan fingerprint density at radius 2 is 1.87 bits per heavy atom. The van der Waals surface area contributed by atoms with Crippen LogP contribution in [0.1, 0.15) is 21.6 Å². The van der Waals surface area contributed by atoms with E-state index in [4.69, 9.17) is 0 Å². The Balaban J connectivity index is 1.42. The van der Waals surface area contributed by atoms with Crippen LogP contribution in [0.15, 0.2) is 48.7 Å². The molecular weight excluding hydrogens is 404 g/mol. The van der Waals surface area contributed by atoms with Crippen LogP contribution < -0.4 is 10.2 Å². The van der Waals surface area contributed by atoms with Gasteiger partial charge in [-0.3, -0.25) is 9.69 Å². The largest absolute Gasteiger partial charge is 0.336 e. The Morgan fingerprint density at radius 3 is 2.61 bits per heavy atom. The lowest BCUT2D eigenvalue weighted by Crippen LogP contribution is -2.37. The fourth-order valence-corrected chi connectivity index (χ4v) is 4.08. The molecule has 3 heterocycles. The van der Waals surface area contributed by atoms with E-state index in [2.05, 4.69) is 10.4 Å². The van der Waals surface area contributed by atoms with Crippen LogP contribution in [-0.2, 0) is 13.0 Å². The molecule has 1 saturated heterocycles. The normalized spacial score (nSPS) is 15.7.